The third-order valence-electron chi connectivity index (χ3n) is 2.68. The number of hydrogen-bond acceptors (Lipinski definition) is 2. The van der Waals surface area contributed by atoms with Crippen LogP contribution in [0.2, 0.25) is 5.15 Å². The van der Waals surface area contributed by atoms with Gasteiger partial charge in [0.1, 0.15) is 5.69 Å². The molecule has 0 fully saturated rings. The number of hydrogen-bond donors (Lipinski definition) is 0. The molecule has 0 N–H and O–H groups in total. The van der Waals surface area contributed by atoms with Crippen LogP contribution in [0.3, 0.4) is 0 Å². The maximum Gasteiger partial charge on any atom is 0.155 e. The second-order valence-corrected chi connectivity index (χ2v) is 5.38. The summed E-state index contributed by atoms with van der Waals surface area (Å²) in [5, 5.41) is 0.441. The zero-order chi connectivity index (χ0) is 12.5. The van der Waals surface area contributed by atoms with Gasteiger partial charge in [0.2, 0.25) is 0 Å². The van der Waals surface area contributed by atoms with E-state index in [1.165, 1.54) is 5.56 Å². The molecule has 0 aliphatic rings. The summed E-state index contributed by atoms with van der Waals surface area (Å²) in [6.45, 7) is 6.58. The van der Waals surface area contributed by atoms with E-state index in [9.17, 15) is 0 Å². The van der Waals surface area contributed by atoms with Gasteiger partial charge in [0.25, 0.3) is 0 Å². The molecule has 1 heterocycles. The van der Waals surface area contributed by atoms with Crippen molar-refractivity contribution >= 4 is 11.6 Å². The lowest BCUT2D eigenvalue weighted by Gasteiger charge is -2.19. The zero-order valence-electron chi connectivity index (χ0n) is 10.2. The fraction of sp³-hybridized carbons (Fsp3) is 0.286. The van der Waals surface area contributed by atoms with Gasteiger partial charge in [-0.15, -0.1) is 0 Å². The van der Waals surface area contributed by atoms with Crippen molar-refractivity contribution in [2.45, 2.75) is 26.2 Å². The SMILES string of the molecule is CC(C)(C)c1ccc(-c2nccnc2Cl)cc1. The number of halogens is 1. The highest BCUT2D eigenvalue weighted by Crippen LogP contribution is 2.27. The lowest BCUT2D eigenvalue weighted by atomic mass is 9.86. The maximum atomic E-state index is 6.01. The van der Waals surface area contributed by atoms with E-state index < -0.39 is 0 Å². The van der Waals surface area contributed by atoms with Crippen molar-refractivity contribution in [3.8, 4) is 11.3 Å². The Hall–Kier alpha value is -1.41. The summed E-state index contributed by atoms with van der Waals surface area (Å²) in [6, 6.07) is 8.30. The Labute approximate surface area is 107 Å². The molecule has 1 aromatic heterocycles. The minimum absolute atomic E-state index is 0.157. The van der Waals surface area contributed by atoms with Gasteiger partial charge in [0.15, 0.2) is 5.15 Å². The quantitative estimate of drug-likeness (QED) is 0.757. The van der Waals surface area contributed by atoms with Gasteiger partial charge >= 0.3 is 0 Å². The average Bonchev–Trinajstić information content (AvgIpc) is 2.29. The molecule has 0 aliphatic carbocycles. The number of rotatable bonds is 1. The zero-order valence-corrected chi connectivity index (χ0v) is 11.0. The van der Waals surface area contributed by atoms with E-state index in [4.69, 9.17) is 11.6 Å². The molecule has 1 aromatic carbocycles. The molecule has 0 unspecified atom stereocenters. The van der Waals surface area contributed by atoms with E-state index in [1.807, 2.05) is 12.1 Å². The second-order valence-electron chi connectivity index (χ2n) is 5.02. The molecule has 2 rings (SSSR count). The van der Waals surface area contributed by atoms with Crippen LogP contribution in [0.15, 0.2) is 36.7 Å². The standard InChI is InChI=1S/C14H15ClN2/c1-14(2,3)11-6-4-10(5-7-11)12-13(15)17-9-8-16-12/h4-9H,1-3H3. The number of nitrogens with zero attached hydrogens (tertiary/aromatic N) is 2. The van der Waals surface area contributed by atoms with E-state index >= 15 is 0 Å². The molecule has 17 heavy (non-hydrogen) atoms. The predicted octanol–water partition coefficient (Wildman–Crippen LogP) is 4.09. The van der Waals surface area contributed by atoms with Crippen molar-refractivity contribution in [1.29, 1.82) is 0 Å². The lowest BCUT2D eigenvalue weighted by molar-refractivity contribution is 0.590. The first kappa shape index (κ1) is 12.1. The summed E-state index contributed by atoms with van der Waals surface area (Å²) in [7, 11) is 0. The normalized spacial score (nSPS) is 11.5. The summed E-state index contributed by atoms with van der Waals surface area (Å²) in [6.07, 6.45) is 3.24. The monoisotopic (exact) mass is 246 g/mol. The Morgan fingerprint density at radius 2 is 1.53 bits per heavy atom. The molecule has 0 radical (unpaired) electrons. The van der Waals surface area contributed by atoms with Crippen molar-refractivity contribution in [2.24, 2.45) is 0 Å². The van der Waals surface area contributed by atoms with Gasteiger partial charge in [0, 0.05) is 18.0 Å². The number of benzene rings is 1. The molecule has 2 aromatic rings. The molecule has 88 valence electrons. The Morgan fingerprint density at radius 1 is 0.941 bits per heavy atom. The van der Waals surface area contributed by atoms with Crippen LogP contribution in [-0.4, -0.2) is 9.97 Å². The van der Waals surface area contributed by atoms with Crippen LogP contribution in [0.1, 0.15) is 26.3 Å². The van der Waals surface area contributed by atoms with Gasteiger partial charge in [-0.2, -0.15) is 0 Å². The van der Waals surface area contributed by atoms with Gasteiger partial charge in [0.05, 0.1) is 0 Å². The van der Waals surface area contributed by atoms with Crippen molar-refractivity contribution in [1.82, 2.24) is 9.97 Å². The topological polar surface area (TPSA) is 25.8 Å². The first-order valence-corrected chi connectivity index (χ1v) is 5.94. The molecule has 0 amide bonds. The van der Waals surface area contributed by atoms with Crippen molar-refractivity contribution < 1.29 is 0 Å². The third kappa shape index (κ3) is 2.64. The van der Waals surface area contributed by atoms with Crippen LogP contribution in [-0.2, 0) is 5.41 Å². The first-order valence-electron chi connectivity index (χ1n) is 5.56. The highest BCUT2D eigenvalue weighted by atomic mass is 35.5. The minimum Gasteiger partial charge on any atom is -0.251 e. The van der Waals surface area contributed by atoms with E-state index in [-0.39, 0.29) is 5.41 Å². The third-order valence-corrected chi connectivity index (χ3v) is 2.95. The lowest BCUT2D eigenvalue weighted by Crippen LogP contribution is -2.10. The fourth-order valence-electron chi connectivity index (χ4n) is 1.64. The molecule has 0 atom stereocenters. The number of aromatic nitrogens is 2. The summed E-state index contributed by atoms with van der Waals surface area (Å²) < 4.78 is 0. The summed E-state index contributed by atoms with van der Waals surface area (Å²) >= 11 is 6.01. The molecule has 0 spiro atoms. The highest BCUT2D eigenvalue weighted by molar-refractivity contribution is 6.31. The average molecular weight is 247 g/mol. The molecule has 0 bridgehead atoms. The van der Waals surface area contributed by atoms with Gasteiger partial charge in [-0.25, -0.2) is 4.98 Å². The Morgan fingerprint density at radius 3 is 2.06 bits per heavy atom. The van der Waals surface area contributed by atoms with Gasteiger partial charge in [-0.3, -0.25) is 4.98 Å². The molecular formula is C14H15ClN2. The highest BCUT2D eigenvalue weighted by Gasteiger charge is 2.13. The largest absolute Gasteiger partial charge is 0.251 e. The fourth-order valence-corrected chi connectivity index (χ4v) is 1.86. The second kappa shape index (κ2) is 4.46. The molecule has 2 nitrogen and oxygen atoms in total. The van der Waals surface area contributed by atoms with E-state index in [1.54, 1.807) is 12.4 Å². The van der Waals surface area contributed by atoms with Crippen molar-refractivity contribution in [3.05, 3.63) is 47.4 Å². The molecule has 0 saturated carbocycles. The van der Waals surface area contributed by atoms with Crippen LogP contribution in [0, 0.1) is 0 Å². The Kier molecular flexibility index (Phi) is 3.16. The Balaban J connectivity index is 2.40. The van der Waals surface area contributed by atoms with E-state index in [0.29, 0.717) is 5.15 Å². The predicted molar refractivity (Wildman–Crippen MR) is 71.2 cm³/mol. The van der Waals surface area contributed by atoms with Gasteiger partial charge in [-0.1, -0.05) is 56.6 Å². The van der Waals surface area contributed by atoms with Crippen LogP contribution < -0.4 is 0 Å². The van der Waals surface area contributed by atoms with Crippen LogP contribution in [0.4, 0.5) is 0 Å². The van der Waals surface area contributed by atoms with Crippen molar-refractivity contribution in [3.63, 3.8) is 0 Å². The van der Waals surface area contributed by atoms with E-state index in [0.717, 1.165) is 11.3 Å². The molecular weight excluding hydrogens is 232 g/mol. The minimum atomic E-state index is 0.157. The maximum absolute atomic E-state index is 6.01. The van der Waals surface area contributed by atoms with Crippen LogP contribution in [0.25, 0.3) is 11.3 Å². The summed E-state index contributed by atoms with van der Waals surface area (Å²) in [5.74, 6) is 0. The van der Waals surface area contributed by atoms with Gasteiger partial charge in [-0.05, 0) is 11.0 Å². The Bertz CT molecular complexity index is 512. The summed E-state index contributed by atoms with van der Waals surface area (Å²) in [4.78, 5) is 8.28. The van der Waals surface area contributed by atoms with Crippen molar-refractivity contribution in [2.75, 3.05) is 0 Å². The van der Waals surface area contributed by atoms with E-state index in [2.05, 4.69) is 42.9 Å². The molecule has 0 saturated heterocycles. The van der Waals surface area contributed by atoms with Crippen LogP contribution >= 0.6 is 11.6 Å². The smallest absolute Gasteiger partial charge is 0.155 e. The first-order chi connectivity index (χ1) is 7.98. The van der Waals surface area contributed by atoms with Gasteiger partial charge < -0.3 is 0 Å². The molecule has 3 heteroatoms. The summed E-state index contributed by atoms with van der Waals surface area (Å²) in [5.41, 5.74) is 3.18. The van der Waals surface area contributed by atoms with Crippen LogP contribution in [0.5, 0.6) is 0 Å². The molecule has 0 aliphatic heterocycles.